The third kappa shape index (κ3) is 3.18. The molecule has 3 rings (SSSR count). The van der Waals surface area contributed by atoms with Gasteiger partial charge in [-0.1, -0.05) is 41.9 Å². The van der Waals surface area contributed by atoms with Crippen molar-refractivity contribution in [1.82, 2.24) is 4.98 Å². The van der Waals surface area contributed by atoms with E-state index in [4.69, 9.17) is 11.6 Å². The molecule has 0 unspecified atom stereocenters. The Bertz CT molecular complexity index is 848. The molecule has 0 radical (unpaired) electrons. The quantitative estimate of drug-likeness (QED) is 0.744. The van der Waals surface area contributed by atoms with Crippen molar-refractivity contribution >= 4 is 45.6 Å². The number of nitrogens with zero attached hydrogens (tertiary/aromatic N) is 1. The molecule has 1 heterocycles. The molecule has 0 saturated heterocycles. The molecule has 1 amide bonds. The average Bonchev–Trinajstić information content (AvgIpc) is 2.46. The van der Waals surface area contributed by atoms with Gasteiger partial charge >= 0.3 is 0 Å². The van der Waals surface area contributed by atoms with Gasteiger partial charge in [0.25, 0.3) is 0 Å². The Morgan fingerprint density at radius 2 is 1.91 bits per heavy atom. The number of anilines is 3. The van der Waals surface area contributed by atoms with Crippen LogP contribution in [-0.4, -0.2) is 10.9 Å². The van der Waals surface area contributed by atoms with E-state index in [1.54, 1.807) is 0 Å². The molecule has 4 nitrogen and oxygen atoms in total. The highest BCUT2D eigenvalue weighted by atomic mass is 35.5. The maximum Gasteiger partial charge on any atom is 0.222 e. The van der Waals surface area contributed by atoms with E-state index in [0.717, 1.165) is 16.5 Å². The zero-order valence-corrected chi connectivity index (χ0v) is 12.7. The van der Waals surface area contributed by atoms with E-state index in [-0.39, 0.29) is 5.91 Å². The SMILES string of the molecule is CC(=O)Nc1cc2ccccc2c(Nc2cccc(Cl)c2)n1. The largest absolute Gasteiger partial charge is 0.340 e. The summed E-state index contributed by atoms with van der Waals surface area (Å²) < 4.78 is 0. The Morgan fingerprint density at radius 3 is 2.68 bits per heavy atom. The molecule has 0 bridgehead atoms. The average molecular weight is 312 g/mol. The van der Waals surface area contributed by atoms with Crippen molar-refractivity contribution in [1.29, 1.82) is 0 Å². The molecule has 22 heavy (non-hydrogen) atoms. The van der Waals surface area contributed by atoms with Crippen LogP contribution in [0.5, 0.6) is 0 Å². The van der Waals surface area contributed by atoms with Crippen molar-refractivity contribution in [3.63, 3.8) is 0 Å². The summed E-state index contributed by atoms with van der Waals surface area (Å²) >= 11 is 6.01. The van der Waals surface area contributed by atoms with Crippen LogP contribution in [0, 0.1) is 0 Å². The zero-order valence-electron chi connectivity index (χ0n) is 11.9. The lowest BCUT2D eigenvalue weighted by Crippen LogP contribution is -2.08. The van der Waals surface area contributed by atoms with E-state index < -0.39 is 0 Å². The van der Waals surface area contributed by atoms with Crippen molar-refractivity contribution in [2.45, 2.75) is 6.92 Å². The summed E-state index contributed by atoms with van der Waals surface area (Å²) in [5.74, 6) is 1.02. The summed E-state index contributed by atoms with van der Waals surface area (Å²) in [6.07, 6.45) is 0. The van der Waals surface area contributed by atoms with Crippen LogP contribution < -0.4 is 10.6 Å². The molecule has 3 aromatic rings. The van der Waals surface area contributed by atoms with Gasteiger partial charge in [0.2, 0.25) is 5.91 Å². The predicted molar refractivity (Wildman–Crippen MR) is 90.8 cm³/mol. The van der Waals surface area contributed by atoms with Crippen molar-refractivity contribution in [3.8, 4) is 0 Å². The van der Waals surface area contributed by atoms with E-state index in [9.17, 15) is 4.79 Å². The molecule has 2 N–H and O–H groups in total. The first-order valence-corrected chi connectivity index (χ1v) is 7.19. The van der Waals surface area contributed by atoms with Crippen LogP contribution in [0.2, 0.25) is 5.02 Å². The fourth-order valence-corrected chi connectivity index (χ4v) is 2.43. The van der Waals surface area contributed by atoms with Crippen LogP contribution in [0.3, 0.4) is 0 Å². The van der Waals surface area contributed by atoms with E-state index in [0.29, 0.717) is 16.7 Å². The normalized spacial score (nSPS) is 10.5. The second-order valence-electron chi connectivity index (χ2n) is 4.89. The second-order valence-corrected chi connectivity index (χ2v) is 5.33. The number of aromatic nitrogens is 1. The highest BCUT2D eigenvalue weighted by Crippen LogP contribution is 2.28. The molecule has 5 heteroatoms. The van der Waals surface area contributed by atoms with Gasteiger partial charge in [-0.25, -0.2) is 4.98 Å². The highest BCUT2D eigenvalue weighted by molar-refractivity contribution is 6.30. The second kappa shape index (κ2) is 6.03. The van der Waals surface area contributed by atoms with Gasteiger partial charge in [-0.2, -0.15) is 0 Å². The van der Waals surface area contributed by atoms with Crippen LogP contribution in [0.15, 0.2) is 54.6 Å². The van der Waals surface area contributed by atoms with Crippen molar-refractivity contribution in [2.24, 2.45) is 0 Å². The maximum atomic E-state index is 11.3. The van der Waals surface area contributed by atoms with Gasteiger partial charge in [0.05, 0.1) is 0 Å². The minimum absolute atomic E-state index is 0.156. The first-order chi connectivity index (χ1) is 10.6. The number of benzene rings is 2. The number of hydrogen-bond donors (Lipinski definition) is 2. The number of amides is 1. The molecule has 0 aliphatic rings. The number of nitrogens with one attached hydrogen (secondary N) is 2. The van der Waals surface area contributed by atoms with Crippen LogP contribution in [0.25, 0.3) is 10.8 Å². The third-order valence-corrected chi connectivity index (χ3v) is 3.37. The molecule has 1 aromatic heterocycles. The number of fused-ring (bicyclic) bond motifs is 1. The molecule has 0 saturated carbocycles. The number of hydrogen-bond acceptors (Lipinski definition) is 3. The van der Waals surface area contributed by atoms with E-state index in [1.807, 2.05) is 54.6 Å². The predicted octanol–water partition coefficient (Wildman–Crippen LogP) is 4.59. The molecule has 0 fully saturated rings. The molecule has 0 aliphatic heterocycles. The topological polar surface area (TPSA) is 54.0 Å². The summed E-state index contributed by atoms with van der Waals surface area (Å²) in [7, 11) is 0. The first kappa shape index (κ1) is 14.4. The summed E-state index contributed by atoms with van der Waals surface area (Å²) in [6.45, 7) is 1.46. The third-order valence-electron chi connectivity index (χ3n) is 3.13. The molecule has 0 spiro atoms. The van der Waals surface area contributed by atoms with Crippen LogP contribution >= 0.6 is 11.6 Å². The Balaban J connectivity index is 2.07. The zero-order chi connectivity index (χ0) is 15.5. The minimum Gasteiger partial charge on any atom is -0.340 e. The van der Waals surface area contributed by atoms with Crippen LogP contribution in [0.4, 0.5) is 17.3 Å². The lowest BCUT2D eigenvalue weighted by molar-refractivity contribution is -0.114. The molecule has 2 aromatic carbocycles. The number of halogens is 1. The standard InChI is InChI=1S/C17H14ClN3O/c1-11(22)19-16-9-12-5-2-3-8-15(12)17(21-16)20-14-7-4-6-13(18)10-14/h2-10H,1H3,(H2,19,20,21,22). The minimum atomic E-state index is -0.156. The fraction of sp³-hybridized carbons (Fsp3) is 0.0588. The Hall–Kier alpha value is -2.59. The lowest BCUT2D eigenvalue weighted by atomic mass is 10.1. The first-order valence-electron chi connectivity index (χ1n) is 6.82. The van der Waals surface area contributed by atoms with Gasteiger partial charge in [-0.05, 0) is 29.7 Å². The molecular weight excluding hydrogens is 298 g/mol. The van der Waals surface area contributed by atoms with Gasteiger partial charge in [0.15, 0.2) is 0 Å². The Labute approximate surface area is 133 Å². The van der Waals surface area contributed by atoms with Crippen LogP contribution in [0.1, 0.15) is 6.92 Å². The van der Waals surface area contributed by atoms with Gasteiger partial charge in [0.1, 0.15) is 11.6 Å². The monoisotopic (exact) mass is 311 g/mol. The van der Waals surface area contributed by atoms with E-state index in [1.165, 1.54) is 6.92 Å². The van der Waals surface area contributed by atoms with Gasteiger partial charge in [0, 0.05) is 23.0 Å². The summed E-state index contributed by atoms with van der Waals surface area (Å²) in [5, 5.41) is 8.58. The molecule has 110 valence electrons. The smallest absolute Gasteiger partial charge is 0.222 e. The fourth-order valence-electron chi connectivity index (χ4n) is 2.24. The van der Waals surface area contributed by atoms with E-state index in [2.05, 4.69) is 15.6 Å². The van der Waals surface area contributed by atoms with E-state index >= 15 is 0 Å². The van der Waals surface area contributed by atoms with Crippen LogP contribution in [-0.2, 0) is 4.79 Å². The van der Waals surface area contributed by atoms with Crippen molar-refractivity contribution < 1.29 is 4.79 Å². The van der Waals surface area contributed by atoms with Crippen molar-refractivity contribution in [3.05, 3.63) is 59.6 Å². The summed E-state index contributed by atoms with van der Waals surface area (Å²) in [5.41, 5.74) is 0.838. The lowest BCUT2D eigenvalue weighted by Gasteiger charge is -2.12. The van der Waals surface area contributed by atoms with Gasteiger partial charge < -0.3 is 10.6 Å². The number of carbonyl (C=O) groups excluding carboxylic acids is 1. The van der Waals surface area contributed by atoms with Crippen molar-refractivity contribution in [2.75, 3.05) is 10.6 Å². The van der Waals surface area contributed by atoms with Gasteiger partial charge in [-0.15, -0.1) is 0 Å². The van der Waals surface area contributed by atoms with Gasteiger partial charge in [-0.3, -0.25) is 4.79 Å². The molecular formula is C17H14ClN3O. The number of pyridine rings is 1. The number of carbonyl (C=O) groups is 1. The summed E-state index contributed by atoms with van der Waals surface area (Å²) in [4.78, 5) is 15.8. The maximum absolute atomic E-state index is 11.3. The Kier molecular flexibility index (Phi) is 3.94. The Morgan fingerprint density at radius 1 is 1.09 bits per heavy atom. The molecule has 0 aliphatic carbocycles. The summed E-state index contributed by atoms with van der Waals surface area (Å²) in [6, 6.07) is 17.1. The molecule has 0 atom stereocenters. The number of rotatable bonds is 3. The highest BCUT2D eigenvalue weighted by Gasteiger charge is 2.07.